The van der Waals surface area contributed by atoms with Crippen LogP contribution in [0.15, 0.2) is 42.9 Å². The summed E-state index contributed by atoms with van der Waals surface area (Å²) in [6, 6.07) is 6.24. The van der Waals surface area contributed by atoms with Crippen LogP contribution in [0.25, 0.3) is 33.4 Å². The van der Waals surface area contributed by atoms with Gasteiger partial charge in [-0.25, -0.2) is 0 Å². The van der Waals surface area contributed by atoms with E-state index in [1.165, 1.54) is 6.20 Å². The van der Waals surface area contributed by atoms with Gasteiger partial charge in [-0.2, -0.15) is 14.6 Å². The molecule has 0 unspecified atom stereocenters. The Labute approximate surface area is 146 Å². The Hall–Kier alpha value is -3.62. The molecule has 130 valence electrons. The molecule has 0 N–H and O–H groups in total. The second-order valence-electron chi connectivity index (χ2n) is 5.86. The third kappa shape index (κ3) is 2.41. The van der Waals surface area contributed by atoms with E-state index in [0.29, 0.717) is 11.3 Å². The molecular formula is C17H13FN6O2. The molecular weight excluding hydrogens is 339 g/mol. The quantitative estimate of drug-likeness (QED) is 0.417. The van der Waals surface area contributed by atoms with E-state index < -0.39 is 16.4 Å². The number of halogens is 1. The van der Waals surface area contributed by atoms with Crippen LogP contribution in [-0.2, 0) is 14.1 Å². The first-order valence-corrected chi connectivity index (χ1v) is 7.70. The Morgan fingerprint density at radius 2 is 1.96 bits per heavy atom. The van der Waals surface area contributed by atoms with E-state index in [4.69, 9.17) is 0 Å². The van der Waals surface area contributed by atoms with Crippen molar-refractivity contribution in [1.29, 1.82) is 0 Å². The molecule has 1 aromatic carbocycles. The third-order valence-corrected chi connectivity index (χ3v) is 4.17. The number of aromatic nitrogens is 5. The molecule has 0 aliphatic rings. The number of fused-ring (bicyclic) bond motifs is 1. The van der Waals surface area contributed by atoms with Crippen molar-refractivity contribution in [3.8, 4) is 22.5 Å². The van der Waals surface area contributed by atoms with Crippen molar-refractivity contribution < 1.29 is 9.31 Å². The van der Waals surface area contributed by atoms with Crippen LogP contribution in [0.5, 0.6) is 0 Å². The van der Waals surface area contributed by atoms with Crippen molar-refractivity contribution in [3.05, 3.63) is 58.8 Å². The maximum Gasteiger partial charge on any atom is 0.308 e. The van der Waals surface area contributed by atoms with Crippen LogP contribution in [0, 0.1) is 15.9 Å². The number of nitrogens with zero attached hydrogens (tertiary/aromatic N) is 6. The fourth-order valence-corrected chi connectivity index (χ4v) is 2.95. The Balaban J connectivity index is 1.94. The lowest BCUT2D eigenvalue weighted by molar-refractivity contribution is -0.387. The topological polar surface area (TPSA) is 91.7 Å². The van der Waals surface area contributed by atoms with Crippen molar-refractivity contribution in [2.45, 2.75) is 0 Å². The maximum atomic E-state index is 14.5. The summed E-state index contributed by atoms with van der Waals surface area (Å²) in [5, 5.41) is 20.4. The van der Waals surface area contributed by atoms with E-state index in [1.807, 2.05) is 20.3 Å². The van der Waals surface area contributed by atoms with Crippen molar-refractivity contribution in [2.75, 3.05) is 0 Å². The Kier molecular flexibility index (Phi) is 3.50. The summed E-state index contributed by atoms with van der Waals surface area (Å²) in [5.74, 6) is -0.955. The average molecular weight is 352 g/mol. The highest BCUT2D eigenvalue weighted by molar-refractivity contribution is 5.95. The number of aryl methyl sites for hydroxylation is 2. The maximum absolute atomic E-state index is 14.5. The van der Waals surface area contributed by atoms with Crippen LogP contribution in [0.4, 0.5) is 10.1 Å². The van der Waals surface area contributed by atoms with Crippen LogP contribution < -0.4 is 0 Å². The van der Waals surface area contributed by atoms with E-state index in [-0.39, 0.29) is 5.69 Å². The smallest absolute Gasteiger partial charge is 0.275 e. The van der Waals surface area contributed by atoms with E-state index in [1.54, 1.807) is 33.8 Å². The molecule has 4 rings (SSSR count). The predicted octanol–water partition coefficient (Wildman–Crippen LogP) is 3.08. The molecule has 0 fully saturated rings. The first-order chi connectivity index (χ1) is 12.5. The fourth-order valence-electron chi connectivity index (χ4n) is 2.95. The van der Waals surface area contributed by atoms with Crippen molar-refractivity contribution in [1.82, 2.24) is 24.5 Å². The summed E-state index contributed by atoms with van der Waals surface area (Å²) in [6.07, 6.45) is 4.76. The largest absolute Gasteiger partial charge is 0.308 e. The van der Waals surface area contributed by atoms with Gasteiger partial charge in [0.25, 0.3) is 0 Å². The van der Waals surface area contributed by atoms with Crippen molar-refractivity contribution in [2.24, 2.45) is 14.1 Å². The molecule has 0 amide bonds. The van der Waals surface area contributed by atoms with E-state index >= 15 is 0 Å². The van der Waals surface area contributed by atoms with Gasteiger partial charge in [0, 0.05) is 49.1 Å². The van der Waals surface area contributed by atoms with Gasteiger partial charge in [-0.3, -0.25) is 24.5 Å². The van der Waals surface area contributed by atoms with Gasteiger partial charge in [-0.05, 0) is 12.1 Å². The molecule has 0 atom stereocenters. The molecule has 0 spiro atoms. The highest BCUT2D eigenvalue weighted by atomic mass is 19.1. The Bertz CT molecular complexity index is 1160. The molecule has 8 nitrogen and oxygen atoms in total. The second-order valence-corrected chi connectivity index (χ2v) is 5.86. The van der Waals surface area contributed by atoms with Gasteiger partial charge in [0.2, 0.25) is 5.82 Å². The number of hydrogen-bond donors (Lipinski definition) is 0. The zero-order valence-corrected chi connectivity index (χ0v) is 13.9. The molecule has 9 heteroatoms. The number of rotatable bonds is 3. The van der Waals surface area contributed by atoms with Gasteiger partial charge in [-0.1, -0.05) is 6.07 Å². The lowest BCUT2D eigenvalue weighted by Crippen LogP contribution is -1.97. The van der Waals surface area contributed by atoms with Crippen LogP contribution in [0.1, 0.15) is 0 Å². The number of benzene rings is 1. The molecule has 0 bridgehead atoms. The van der Waals surface area contributed by atoms with Gasteiger partial charge in [0.05, 0.1) is 16.6 Å². The lowest BCUT2D eigenvalue weighted by Gasteiger charge is -2.04. The van der Waals surface area contributed by atoms with Gasteiger partial charge in [0.15, 0.2) is 0 Å². The molecule has 0 saturated heterocycles. The molecule has 4 aromatic rings. The first-order valence-electron chi connectivity index (χ1n) is 7.70. The van der Waals surface area contributed by atoms with E-state index in [2.05, 4.69) is 15.2 Å². The normalized spacial score (nSPS) is 11.2. The van der Waals surface area contributed by atoms with Crippen molar-refractivity contribution in [3.63, 3.8) is 0 Å². The minimum atomic E-state index is -0.955. The second kappa shape index (κ2) is 5.73. The van der Waals surface area contributed by atoms with Crippen LogP contribution in [0.3, 0.4) is 0 Å². The lowest BCUT2D eigenvalue weighted by atomic mass is 10.0. The predicted molar refractivity (Wildman–Crippen MR) is 92.8 cm³/mol. The van der Waals surface area contributed by atoms with Gasteiger partial charge in [0.1, 0.15) is 11.4 Å². The van der Waals surface area contributed by atoms with Gasteiger partial charge < -0.3 is 0 Å². The first kappa shape index (κ1) is 15.9. The van der Waals surface area contributed by atoms with Crippen LogP contribution in [-0.4, -0.2) is 29.5 Å². The summed E-state index contributed by atoms with van der Waals surface area (Å²) in [6.45, 7) is 0. The molecule has 3 aromatic heterocycles. The van der Waals surface area contributed by atoms with E-state index in [0.717, 1.165) is 22.5 Å². The summed E-state index contributed by atoms with van der Waals surface area (Å²) in [5.41, 5.74) is 2.14. The van der Waals surface area contributed by atoms with Gasteiger partial charge in [-0.15, -0.1) is 0 Å². The highest BCUT2D eigenvalue weighted by Gasteiger charge is 2.21. The van der Waals surface area contributed by atoms with Crippen molar-refractivity contribution >= 4 is 16.6 Å². The number of pyridine rings is 1. The minimum Gasteiger partial charge on any atom is -0.275 e. The summed E-state index contributed by atoms with van der Waals surface area (Å²) in [7, 11) is 3.62. The number of nitro groups is 1. The zero-order valence-electron chi connectivity index (χ0n) is 13.9. The Morgan fingerprint density at radius 1 is 1.15 bits per heavy atom. The third-order valence-electron chi connectivity index (χ3n) is 4.17. The Morgan fingerprint density at radius 3 is 2.65 bits per heavy atom. The summed E-state index contributed by atoms with van der Waals surface area (Å²) >= 11 is 0. The average Bonchev–Trinajstić information content (AvgIpc) is 3.18. The summed E-state index contributed by atoms with van der Waals surface area (Å²) < 4.78 is 17.9. The van der Waals surface area contributed by atoms with Crippen LogP contribution >= 0.6 is 0 Å². The zero-order chi connectivity index (χ0) is 18.4. The minimum absolute atomic E-state index is 0.0675. The number of hydrogen-bond acceptors (Lipinski definition) is 5. The standard InChI is InChI=1S/C17H13FN6O2/c1-22-9-11(8-20-22)16-12-7-10(3-4-13(12)23(2)21-16)17-15(18)14(24(25)26)5-6-19-17/h3-9H,1-2H3. The van der Waals surface area contributed by atoms with E-state index in [9.17, 15) is 14.5 Å². The molecule has 0 radical (unpaired) electrons. The molecule has 0 aliphatic carbocycles. The molecule has 0 aliphatic heterocycles. The fraction of sp³-hybridized carbons (Fsp3) is 0.118. The SMILES string of the molecule is Cn1cc(-c2nn(C)c3ccc(-c4nccc([N+](=O)[O-])c4F)cc23)cn1. The van der Waals surface area contributed by atoms with Crippen LogP contribution in [0.2, 0.25) is 0 Å². The molecule has 3 heterocycles. The summed E-state index contributed by atoms with van der Waals surface area (Å²) in [4.78, 5) is 14.2. The highest BCUT2D eigenvalue weighted by Crippen LogP contribution is 2.33. The monoisotopic (exact) mass is 352 g/mol. The van der Waals surface area contributed by atoms with Gasteiger partial charge >= 0.3 is 5.69 Å². The molecule has 26 heavy (non-hydrogen) atoms. The molecule has 0 saturated carbocycles.